The van der Waals surface area contributed by atoms with Crippen molar-refractivity contribution in [3.63, 3.8) is 0 Å². The minimum atomic E-state index is -4.39. The van der Waals surface area contributed by atoms with E-state index in [-0.39, 0.29) is 12.5 Å². The molecule has 1 rings (SSSR count). The Bertz CT molecular complexity index is 424. The number of benzene rings is 1. The molecule has 0 radical (unpaired) electrons. The molecule has 0 aliphatic carbocycles. The average Bonchev–Trinajstić information content (AvgIpc) is 2.15. The Morgan fingerprint density at radius 1 is 1.24 bits per heavy atom. The van der Waals surface area contributed by atoms with E-state index >= 15 is 0 Å². The summed E-state index contributed by atoms with van der Waals surface area (Å²) in [7, 11) is 0. The van der Waals surface area contributed by atoms with Gasteiger partial charge in [0.25, 0.3) is 0 Å². The van der Waals surface area contributed by atoms with Gasteiger partial charge in [0.15, 0.2) is 0 Å². The van der Waals surface area contributed by atoms with Crippen molar-refractivity contribution in [1.82, 2.24) is 0 Å². The van der Waals surface area contributed by atoms with E-state index in [0.29, 0.717) is 0 Å². The highest BCUT2D eigenvalue weighted by molar-refractivity contribution is 5.70. The topological polar surface area (TPSA) is 37.3 Å². The fraction of sp³-hybridized carbons (Fsp3) is 0.364. The molecule has 0 aliphatic rings. The number of hydrogen-bond acceptors (Lipinski definition) is 1. The molecule has 0 atom stereocenters. The zero-order chi connectivity index (χ0) is 13.3. The van der Waals surface area contributed by atoms with Crippen LogP contribution in [0.5, 0.6) is 0 Å². The van der Waals surface area contributed by atoms with Gasteiger partial charge < -0.3 is 5.11 Å². The van der Waals surface area contributed by atoms with Crippen LogP contribution >= 0.6 is 0 Å². The van der Waals surface area contributed by atoms with Crippen LogP contribution in [0, 0.1) is 0 Å². The van der Waals surface area contributed by atoms with Gasteiger partial charge in [-0.05, 0) is 5.56 Å². The first kappa shape index (κ1) is 13.5. The van der Waals surface area contributed by atoms with Gasteiger partial charge in [0, 0.05) is 12.5 Å². The van der Waals surface area contributed by atoms with Crippen molar-refractivity contribution in [3.05, 3.63) is 35.4 Å². The summed E-state index contributed by atoms with van der Waals surface area (Å²) in [5, 5.41) is 8.53. The Hall–Kier alpha value is -1.59. The molecular weight excluding hydrogens is 240 g/mol. The number of carboxylic acid groups (broad SMARTS) is 1. The normalized spacial score (nSPS) is 12.5. The molecule has 6 heteroatoms. The van der Waals surface area contributed by atoms with E-state index in [1.165, 1.54) is 12.1 Å². The maximum absolute atomic E-state index is 13.4. The van der Waals surface area contributed by atoms with Gasteiger partial charge in [-0.1, -0.05) is 24.3 Å². The molecule has 0 unspecified atom stereocenters. The third kappa shape index (κ3) is 2.75. The van der Waals surface area contributed by atoms with Crippen molar-refractivity contribution < 1.29 is 27.5 Å². The van der Waals surface area contributed by atoms with Crippen molar-refractivity contribution in [2.75, 3.05) is 0 Å². The molecule has 2 nitrogen and oxygen atoms in total. The Morgan fingerprint density at radius 3 is 2.24 bits per heavy atom. The molecule has 0 saturated carbocycles. The van der Waals surface area contributed by atoms with E-state index in [9.17, 15) is 22.4 Å². The monoisotopic (exact) mass is 250 g/mol. The van der Waals surface area contributed by atoms with Crippen LogP contribution in [0.1, 0.15) is 18.1 Å². The molecule has 0 heterocycles. The first-order valence-electron chi connectivity index (χ1n) is 4.72. The summed E-state index contributed by atoms with van der Waals surface area (Å²) in [6.07, 6.45) is -0.720. The molecule has 0 bridgehead atoms. The second kappa shape index (κ2) is 4.35. The highest BCUT2D eigenvalue weighted by atomic mass is 19.3. The van der Waals surface area contributed by atoms with E-state index in [0.717, 1.165) is 12.1 Å². The number of halogens is 4. The van der Waals surface area contributed by atoms with Gasteiger partial charge >= 0.3 is 17.8 Å². The molecule has 1 N–H and O–H groups in total. The quantitative estimate of drug-likeness (QED) is 0.834. The van der Waals surface area contributed by atoms with Gasteiger partial charge in [0.05, 0.1) is 6.42 Å². The minimum Gasteiger partial charge on any atom is -0.481 e. The van der Waals surface area contributed by atoms with Crippen molar-refractivity contribution in [1.29, 1.82) is 0 Å². The van der Waals surface area contributed by atoms with Gasteiger partial charge in [-0.2, -0.15) is 17.6 Å². The Morgan fingerprint density at radius 2 is 1.76 bits per heavy atom. The second-order valence-electron chi connectivity index (χ2n) is 3.69. The fourth-order valence-electron chi connectivity index (χ4n) is 1.38. The second-order valence-corrected chi connectivity index (χ2v) is 3.69. The number of aliphatic carboxylic acids is 1. The molecule has 0 saturated heterocycles. The molecule has 0 aromatic heterocycles. The lowest BCUT2D eigenvalue weighted by molar-refractivity contribution is -0.205. The number of carboxylic acids is 1. The van der Waals surface area contributed by atoms with Gasteiger partial charge in [-0.3, -0.25) is 4.79 Å². The molecule has 0 spiro atoms. The molecule has 0 amide bonds. The molecule has 94 valence electrons. The number of alkyl halides is 4. The zero-order valence-corrected chi connectivity index (χ0v) is 8.88. The third-order valence-electron chi connectivity index (χ3n) is 2.25. The number of carbonyl (C=O) groups is 1. The summed E-state index contributed by atoms with van der Waals surface area (Å²) in [5.74, 6) is -9.99. The summed E-state index contributed by atoms with van der Waals surface area (Å²) in [6, 6.07) is 4.41. The predicted molar refractivity (Wildman–Crippen MR) is 52.3 cm³/mol. The lowest BCUT2D eigenvalue weighted by Gasteiger charge is -2.25. The van der Waals surface area contributed by atoms with E-state index < -0.39 is 29.8 Å². The van der Waals surface area contributed by atoms with Crippen LogP contribution in [0.15, 0.2) is 24.3 Å². The molecule has 0 aliphatic heterocycles. The standard InChI is InChI=1S/C11H10F4O2/c1-10(12,13)11(14,15)8-5-3-2-4-7(8)6-9(16)17/h2-5H,6H2,1H3,(H,16,17). The van der Waals surface area contributed by atoms with Crippen LogP contribution in [-0.2, 0) is 17.1 Å². The number of rotatable bonds is 4. The summed E-state index contributed by atoms with van der Waals surface area (Å²) >= 11 is 0. The van der Waals surface area contributed by atoms with Crippen LogP contribution in [0.2, 0.25) is 0 Å². The summed E-state index contributed by atoms with van der Waals surface area (Å²) in [5.41, 5.74) is -1.26. The van der Waals surface area contributed by atoms with Crippen LogP contribution in [0.25, 0.3) is 0 Å². The Kier molecular flexibility index (Phi) is 3.45. The Balaban J connectivity index is 3.26. The highest BCUT2D eigenvalue weighted by Crippen LogP contribution is 2.43. The van der Waals surface area contributed by atoms with Gasteiger partial charge in [-0.15, -0.1) is 0 Å². The van der Waals surface area contributed by atoms with Crippen LogP contribution in [-0.4, -0.2) is 17.0 Å². The SMILES string of the molecule is CC(F)(F)C(F)(F)c1ccccc1CC(=O)O. The number of hydrogen-bond donors (Lipinski definition) is 1. The van der Waals surface area contributed by atoms with E-state index in [4.69, 9.17) is 5.11 Å². The molecule has 17 heavy (non-hydrogen) atoms. The van der Waals surface area contributed by atoms with E-state index in [2.05, 4.69) is 0 Å². The molecule has 0 fully saturated rings. The van der Waals surface area contributed by atoms with Crippen LogP contribution in [0.3, 0.4) is 0 Å². The maximum Gasteiger partial charge on any atom is 0.335 e. The van der Waals surface area contributed by atoms with Gasteiger partial charge in [0.1, 0.15) is 0 Å². The minimum absolute atomic E-state index is 0.102. The summed E-state index contributed by atoms with van der Waals surface area (Å²) in [4.78, 5) is 10.5. The first-order chi connectivity index (χ1) is 7.66. The lowest BCUT2D eigenvalue weighted by Crippen LogP contribution is -2.36. The summed E-state index contributed by atoms with van der Waals surface area (Å²) in [6.45, 7) is 0.102. The van der Waals surface area contributed by atoms with Crippen LogP contribution in [0.4, 0.5) is 17.6 Å². The zero-order valence-electron chi connectivity index (χ0n) is 8.88. The lowest BCUT2D eigenvalue weighted by atomic mass is 9.96. The van der Waals surface area contributed by atoms with Crippen molar-refractivity contribution in [2.45, 2.75) is 25.2 Å². The predicted octanol–water partition coefficient (Wildman–Crippen LogP) is 3.06. The van der Waals surface area contributed by atoms with Crippen molar-refractivity contribution >= 4 is 5.97 Å². The van der Waals surface area contributed by atoms with Gasteiger partial charge in [-0.25, -0.2) is 0 Å². The van der Waals surface area contributed by atoms with E-state index in [1.54, 1.807) is 0 Å². The maximum atomic E-state index is 13.4. The average molecular weight is 250 g/mol. The first-order valence-corrected chi connectivity index (χ1v) is 4.72. The van der Waals surface area contributed by atoms with Crippen LogP contribution < -0.4 is 0 Å². The van der Waals surface area contributed by atoms with Crippen molar-refractivity contribution in [3.8, 4) is 0 Å². The molecule has 1 aromatic rings. The van der Waals surface area contributed by atoms with Gasteiger partial charge in [0.2, 0.25) is 0 Å². The summed E-state index contributed by atoms with van der Waals surface area (Å²) < 4.78 is 52.5. The largest absolute Gasteiger partial charge is 0.481 e. The molecular formula is C11H10F4O2. The smallest absolute Gasteiger partial charge is 0.335 e. The Labute approximate surface area is 94.9 Å². The fourth-order valence-corrected chi connectivity index (χ4v) is 1.38. The highest BCUT2D eigenvalue weighted by Gasteiger charge is 2.54. The third-order valence-corrected chi connectivity index (χ3v) is 2.25. The van der Waals surface area contributed by atoms with E-state index in [1.807, 2.05) is 0 Å². The van der Waals surface area contributed by atoms with Crippen molar-refractivity contribution in [2.24, 2.45) is 0 Å². The molecule has 1 aromatic carbocycles.